The van der Waals surface area contributed by atoms with Crippen LogP contribution < -0.4 is 14.2 Å². The van der Waals surface area contributed by atoms with E-state index in [9.17, 15) is 4.21 Å². The fourth-order valence-electron chi connectivity index (χ4n) is 3.84. The molecule has 0 saturated heterocycles. The number of fused-ring (bicyclic) bond motifs is 1. The van der Waals surface area contributed by atoms with Gasteiger partial charge in [-0.2, -0.15) is 0 Å². The van der Waals surface area contributed by atoms with E-state index in [2.05, 4.69) is 28.6 Å². The number of nitrogens with zero attached hydrogens (tertiary/aromatic N) is 3. The molecule has 2 atom stereocenters. The molecule has 33 heavy (non-hydrogen) atoms. The van der Waals surface area contributed by atoms with Crippen LogP contribution in [0.5, 0.6) is 11.5 Å². The Labute approximate surface area is 203 Å². The van der Waals surface area contributed by atoms with Crippen LogP contribution in [0.15, 0.2) is 32.0 Å². The van der Waals surface area contributed by atoms with E-state index in [1.54, 1.807) is 11.8 Å². The van der Waals surface area contributed by atoms with E-state index in [0.29, 0.717) is 32.3 Å². The van der Waals surface area contributed by atoms with Gasteiger partial charge < -0.3 is 9.47 Å². The monoisotopic (exact) mass is 494 g/mol. The average molecular weight is 495 g/mol. The van der Waals surface area contributed by atoms with Crippen molar-refractivity contribution in [1.82, 2.24) is 4.72 Å². The molecule has 2 N–H and O–H groups in total. The molecule has 8 nitrogen and oxygen atoms in total. The van der Waals surface area contributed by atoms with Gasteiger partial charge in [-0.1, -0.05) is 25.1 Å². The average Bonchev–Trinajstić information content (AvgIpc) is 2.78. The molecule has 10 heteroatoms. The molecule has 182 valence electrons. The summed E-state index contributed by atoms with van der Waals surface area (Å²) in [7, 11) is 0. The van der Waals surface area contributed by atoms with Crippen LogP contribution in [-0.4, -0.2) is 57.7 Å². The maximum atomic E-state index is 10.8. The predicted molar refractivity (Wildman–Crippen MR) is 137 cm³/mol. The number of thioether (sulfide) groups is 1. The van der Waals surface area contributed by atoms with Crippen molar-refractivity contribution < 1.29 is 18.2 Å². The molecule has 2 heterocycles. The summed E-state index contributed by atoms with van der Waals surface area (Å²) in [5, 5.41) is 1.04. The molecular weight excluding hydrogens is 460 g/mol. The molecule has 0 amide bonds. The van der Waals surface area contributed by atoms with Crippen LogP contribution in [-0.2, 0) is 11.3 Å². The minimum atomic E-state index is -1.96. The third-order valence-electron chi connectivity index (χ3n) is 5.83. The van der Waals surface area contributed by atoms with Gasteiger partial charge in [0.1, 0.15) is 25.9 Å². The zero-order valence-corrected chi connectivity index (χ0v) is 21.4. The Morgan fingerprint density at radius 3 is 2.55 bits per heavy atom. The van der Waals surface area contributed by atoms with E-state index in [4.69, 9.17) is 19.0 Å². The fourth-order valence-corrected chi connectivity index (χ4v) is 5.28. The normalized spacial score (nSPS) is 18.5. The van der Waals surface area contributed by atoms with Gasteiger partial charge in [-0.15, -0.1) is 0 Å². The Balaban J connectivity index is 1.82. The van der Waals surface area contributed by atoms with Crippen molar-refractivity contribution in [1.29, 1.82) is 0 Å². The van der Waals surface area contributed by atoms with E-state index in [1.807, 2.05) is 26.0 Å². The standard InChI is InChI=1S/C23H34N4O4S2/c1-5-18(7-6-8-26-33(28)29)12-22(27-23-16(3)24-14-25-17(23)4)32-21-13-20-19(11-15(21)2)30-9-10-31-20/h11,13,18,23,26H,5-10,12,14H2,1-4H3,(H,28,29). The second-order valence-corrected chi connectivity index (χ2v) is 10.2. The van der Waals surface area contributed by atoms with Gasteiger partial charge in [-0.3, -0.25) is 19.5 Å². The number of aliphatic imine (C=N–C) groups is 3. The first-order chi connectivity index (χ1) is 15.9. The summed E-state index contributed by atoms with van der Waals surface area (Å²) in [4.78, 5) is 15.2. The van der Waals surface area contributed by atoms with Gasteiger partial charge in [0.2, 0.25) is 11.3 Å². The fraction of sp³-hybridized carbons (Fsp3) is 0.609. The molecular formula is C23H34N4O4S2. The minimum absolute atomic E-state index is 0.130. The molecule has 0 aromatic heterocycles. The minimum Gasteiger partial charge on any atom is -0.486 e. The highest BCUT2D eigenvalue weighted by Crippen LogP contribution is 2.38. The number of rotatable bonds is 10. The van der Waals surface area contributed by atoms with Gasteiger partial charge >= 0.3 is 0 Å². The van der Waals surface area contributed by atoms with Crippen LogP contribution in [0, 0.1) is 12.8 Å². The first-order valence-electron chi connectivity index (χ1n) is 11.4. The lowest BCUT2D eigenvalue weighted by Crippen LogP contribution is -2.29. The van der Waals surface area contributed by atoms with Gasteiger partial charge in [0.05, 0.1) is 5.04 Å². The van der Waals surface area contributed by atoms with Crippen LogP contribution in [0.25, 0.3) is 0 Å². The van der Waals surface area contributed by atoms with Crippen molar-refractivity contribution >= 4 is 39.5 Å². The molecule has 0 aliphatic carbocycles. The zero-order valence-electron chi connectivity index (χ0n) is 19.8. The summed E-state index contributed by atoms with van der Waals surface area (Å²) in [5.41, 5.74) is 3.10. The first-order valence-corrected chi connectivity index (χ1v) is 13.3. The SMILES string of the molecule is CCC(CCCNS(=O)O)CC(=NC1C(C)=NCN=C1C)Sc1cc2c(cc1C)OCCO2. The van der Waals surface area contributed by atoms with E-state index >= 15 is 0 Å². The predicted octanol–water partition coefficient (Wildman–Crippen LogP) is 4.44. The second kappa shape index (κ2) is 12.6. The maximum Gasteiger partial charge on any atom is 0.231 e. The number of ether oxygens (including phenoxy) is 2. The Morgan fingerprint density at radius 1 is 1.24 bits per heavy atom. The number of nitrogens with one attached hydrogen (secondary N) is 1. The lowest BCUT2D eigenvalue weighted by atomic mass is 9.97. The molecule has 0 fully saturated rings. The van der Waals surface area contributed by atoms with Gasteiger partial charge in [-0.05, 0) is 63.6 Å². The van der Waals surface area contributed by atoms with Crippen molar-refractivity contribution in [2.24, 2.45) is 20.9 Å². The molecule has 2 unspecified atom stereocenters. The first kappa shape index (κ1) is 25.9. The quantitative estimate of drug-likeness (QED) is 0.164. The lowest BCUT2D eigenvalue weighted by molar-refractivity contribution is 0.171. The summed E-state index contributed by atoms with van der Waals surface area (Å²) in [6.07, 6.45) is 3.61. The van der Waals surface area contributed by atoms with Crippen LogP contribution in [0.1, 0.15) is 52.0 Å². The third kappa shape index (κ3) is 7.63. The highest BCUT2D eigenvalue weighted by molar-refractivity contribution is 8.14. The van der Waals surface area contributed by atoms with Crippen molar-refractivity contribution in [3.05, 3.63) is 17.7 Å². The Hall–Kier alpha value is -1.75. The van der Waals surface area contributed by atoms with E-state index < -0.39 is 11.3 Å². The van der Waals surface area contributed by atoms with E-state index in [0.717, 1.165) is 64.1 Å². The zero-order chi connectivity index (χ0) is 23.8. The number of benzene rings is 1. The molecule has 2 aliphatic heterocycles. The largest absolute Gasteiger partial charge is 0.486 e. The Morgan fingerprint density at radius 2 is 1.91 bits per heavy atom. The highest BCUT2D eigenvalue weighted by atomic mass is 32.2. The Bertz CT molecular complexity index is 931. The van der Waals surface area contributed by atoms with Crippen LogP contribution >= 0.6 is 11.8 Å². The topological polar surface area (TPSA) is 105 Å². The van der Waals surface area contributed by atoms with Crippen molar-refractivity contribution in [2.45, 2.75) is 64.3 Å². The van der Waals surface area contributed by atoms with Crippen molar-refractivity contribution in [2.75, 3.05) is 26.4 Å². The Kier molecular flexibility index (Phi) is 9.91. The van der Waals surface area contributed by atoms with Crippen LogP contribution in [0.2, 0.25) is 0 Å². The van der Waals surface area contributed by atoms with Crippen LogP contribution in [0.3, 0.4) is 0 Å². The van der Waals surface area contributed by atoms with Crippen molar-refractivity contribution in [3.8, 4) is 11.5 Å². The van der Waals surface area contributed by atoms with Gasteiger partial charge in [-0.25, -0.2) is 8.93 Å². The molecule has 1 aromatic carbocycles. The number of hydrogen-bond acceptors (Lipinski definition) is 7. The summed E-state index contributed by atoms with van der Waals surface area (Å²) in [6.45, 7) is 10.4. The summed E-state index contributed by atoms with van der Waals surface area (Å²) >= 11 is -0.289. The summed E-state index contributed by atoms with van der Waals surface area (Å²) in [6, 6.07) is 3.95. The number of aryl methyl sites for hydroxylation is 1. The number of hydrogen-bond donors (Lipinski definition) is 2. The van der Waals surface area contributed by atoms with Gasteiger partial charge in [0, 0.05) is 22.9 Å². The van der Waals surface area contributed by atoms with Gasteiger partial charge in [0.25, 0.3) is 0 Å². The molecule has 0 bridgehead atoms. The molecule has 0 spiro atoms. The second-order valence-electron chi connectivity index (χ2n) is 8.29. The van der Waals surface area contributed by atoms with Gasteiger partial charge in [0.15, 0.2) is 11.5 Å². The smallest absolute Gasteiger partial charge is 0.231 e. The summed E-state index contributed by atoms with van der Waals surface area (Å²) in [5.74, 6) is 1.98. The molecule has 0 saturated carbocycles. The maximum absolute atomic E-state index is 10.8. The molecule has 3 rings (SSSR count). The molecule has 1 aromatic rings. The van der Waals surface area contributed by atoms with E-state index in [1.165, 1.54) is 0 Å². The molecule has 0 radical (unpaired) electrons. The lowest BCUT2D eigenvalue weighted by Gasteiger charge is -2.23. The third-order valence-corrected chi connectivity index (χ3v) is 7.45. The van der Waals surface area contributed by atoms with Crippen LogP contribution in [0.4, 0.5) is 0 Å². The highest BCUT2D eigenvalue weighted by Gasteiger charge is 2.22. The van der Waals surface area contributed by atoms with Crippen molar-refractivity contribution in [3.63, 3.8) is 0 Å². The molecule has 2 aliphatic rings. The van der Waals surface area contributed by atoms with E-state index in [-0.39, 0.29) is 6.04 Å². The summed E-state index contributed by atoms with van der Waals surface area (Å²) < 4.78 is 33.9.